The van der Waals surface area contributed by atoms with Crippen molar-refractivity contribution >= 4 is 5.91 Å². The predicted molar refractivity (Wildman–Crippen MR) is 66.0 cm³/mol. The number of primary amides is 1. The standard InChI is InChI=1S/C12H23N3O/c1-9(6-14-3)7-15-8-11(12(13)16)5-4-10(15)2/h10-11,14H,1,4-8H2,2-3H3,(H2,13,16). The average Bonchev–Trinajstić information content (AvgIpc) is 2.21. The van der Waals surface area contributed by atoms with Crippen molar-refractivity contribution in [3.05, 3.63) is 12.2 Å². The molecule has 0 aromatic heterocycles. The summed E-state index contributed by atoms with van der Waals surface area (Å²) in [6.45, 7) is 8.67. The van der Waals surface area contributed by atoms with Crippen LogP contribution in [-0.4, -0.2) is 43.5 Å². The number of nitrogens with one attached hydrogen (secondary N) is 1. The van der Waals surface area contributed by atoms with E-state index in [1.807, 2.05) is 7.05 Å². The van der Waals surface area contributed by atoms with Crippen molar-refractivity contribution in [2.75, 3.05) is 26.7 Å². The molecular weight excluding hydrogens is 202 g/mol. The Hall–Kier alpha value is -0.870. The van der Waals surface area contributed by atoms with Gasteiger partial charge in [-0.1, -0.05) is 6.58 Å². The molecule has 3 N–H and O–H groups in total. The second-order valence-electron chi connectivity index (χ2n) is 4.74. The fourth-order valence-electron chi connectivity index (χ4n) is 2.23. The molecule has 1 amide bonds. The van der Waals surface area contributed by atoms with E-state index in [2.05, 4.69) is 23.7 Å². The summed E-state index contributed by atoms with van der Waals surface area (Å²) in [6, 6.07) is 0.518. The molecule has 0 radical (unpaired) electrons. The Bertz CT molecular complexity index is 265. The molecule has 4 heteroatoms. The normalized spacial score (nSPS) is 26.6. The van der Waals surface area contributed by atoms with Gasteiger partial charge in [-0.2, -0.15) is 0 Å². The first-order chi connectivity index (χ1) is 7.54. The molecule has 1 rings (SSSR count). The third-order valence-electron chi connectivity index (χ3n) is 3.27. The highest BCUT2D eigenvalue weighted by atomic mass is 16.1. The van der Waals surface area contributed by atoms with Crippen molar-refractivity contribution < 1.29 is 4.79 Å². The van der Waals surface area contributed by atoms with E-state index in [1.165, 1.54) is 0 Å². The summed E-state index contributed by atoms with van der Waals surface area (Å²) in [5.41, 5.74) is 6.52. The smallest absolute Gasteiger partial charge is 0.221 e. The minimum absolute atomic E-state index is 0.0126. The first-order valence-electron chi connectivity index (χ1n) is 5.89. The number of nitrogens with two attached hydrogens (primary N) is 1. The van der Waals surface area contributed by atoms with E-state index in [9.17, 15) is 4.79 Å². The Kier molecular flexibility index (Phi) is 4.96. The van der Waals surface area contributed by atoms with Crippen molar-refractivity contribution in [1.82, 2.24) is 10.2 Å². The lowest BCUT2D eigenvalue weighted by atomic mass is 9.92. The van der Waals surface area contributed by atoms with Crippen molar-refractivity contribution in [2.45, 2.75) is 25.8 Å². The third-order valence-corrected chi connectivity index (χ3v) is 3.27. The Balaban J connectivity index is 2.49. The van der Waals surface area contributed by atoms with Crippen molar-refractivity contribution in [3.63, 3.8) is 0 Å². The first-order valence-corrected chi connectivity index (χ1v) is 5.89. The summed E-state index contributed by atoms with van der Waals surface area (Å²) in [4.78, 5) is 13.5. The summed E-state index contributed by atoms with van der Waals surface area (Å²) in [5, 5.41) is 3.09. The molecule has 92 valence electrons. The van der Waals surface area contributed by atoms with E-state index >= 15 is 0 Å². The summed E-state index contributed by atoms with van der Waals surface area (Å²) < 4.78 is 0. The van der Waals surface area contributed by atoms with Gasteiger partial charge in [0, 0.05) is 25.7 Å². The van der Waals surface area contributed by atoms with E-state index in [-0.39, 0.29) is 11.8 Å². The highest BCUT2D eigenvalue weighted by Crippen LogP contribution is 2.22. The minimum atomic E-state index is -0.170. The third kappa shape index (κ3) is 3.61. The molecular formula is C12H23N3O. The molecule has 0 spiro atoms. The Morgan fingerprint density at radius 2 is 2.25 bits per heavy atom. The van der Waals surface area contributed by atoms with Crippen LogP contribution in [0.3, 0.4) is 0 Å². The molecule has 1 saturated heterocycles. The first kappa shape index (κ1) is 13.2. The van der Waals surface area contributed by atoms with Gasteiger partial charge >= 0.3 is 0 Å². The molecule has 0 aliphatic carbocycles. The van der Waals surface area contributed by atoms with Crippen molar-refractivity contribution in [3.8, 4) is 0 Å². The largest absolute Gasteiger partial charge is 0.369 e. The van der Waals surface area contributed by atoms with Crippen LogP contribution >= 0.6 is 0 Å². The van der Waals surface area contributed by atoms with Crippen LogP contribution < -0.4 is 11.1 Å². The van der Waals surface area contributed by atoms with Gasteiger partial charge in [-0.05, 0) is 32.4 Å². The van der Waals surface area contributed by atoms with Crippen LogP contribution in [-0.2, 0) is 4.79 Å². The number of likely N-dealkylation sites (N-methyl/N-ethyl adjacent to an activating group) is 1. The molecule has 1 heterocycles. The molecule has 1 aliphatic heterocycles. The number of amides is 1. The van der Waals surface area contributed by atoms with Crippen molar-refractivity contribution in [2.24, 2.45) is 11.7 Å². The molecule has 1 fully saturated rings. The monoisotopic (exact) mass is 225 g/mol. The minimum Gasteiger partial charge on any atom is -0.369 e. The number of carbonyl (C=O) groups is 1. The quantitative estimate of drug-likeness (QED) is 0.664. The van der Waals surface area contributed by atoms with Gasteiger partial charge in [0.25, 0.3) is 0 Å². The van der Waals surface area contributed by atoms with Gasteiger partial charge in [0.2, 0.25) is 5.91 Å². The summed E-state index contributed by atoms with van der Waals surface area (Å²) in [5.74, 6) is -0.158. The van der Waals surface area contributed by atoms with E-state index in [0.717, 1.165) is 38.0 Å². The molecule has 1 aliphatic rings. The Labute approximate surface area is 97.9 Å². The summed E-state index contributed by atoms with van der Waals surface area (Å²) in [7, 11) is 1.91. The summed E-state index contributed by atoms with van der Waals surface area (Å²) >= 11 is 0. The van der Waals surface area contributed by atoms with E-state index in [4.69, 9.17) is 5.73 Å². The van der Waals surface area contributed by atoms with Crippen LogP contribution in [0.5, 0.6) is 0 Å². The van der Waals surface area contributed by atoms with Gasteiger partial charge in [0.15, 0.2) is 0 Å². The van der Waals surface area contributed by atoms with Gasteiger partial charge in [0.05, 0.1) is 5.92 Å². The van der Waals surface area contributed by atoms with Gasteiger partial charge < -0.3 is 11.1 Å². The number of carbonyl (C=O) groups excluding carboxylic acids is 1. The molecule has 0 aromatic carbocycles. The van der Waals surface area contributed by atoms with Crippen LogP contribution in [0.15, 0.2) is 12.2 Å². The van der Waals surface area contributed by atoms with Crippen LogP contribution in [0.4, 0.5) is 0 Å². The fourth-order valence-corrected chi connectivity index (χ4v) is 2.23. The van der Waals surface area contributed by atoms with Crippen molar-refractivity contribution in [1.29, 1.82) is 0 Å². The highest BCUT2D eigenvalue weighted by Gasteiger charge is 2.28. The van der Waals surface area contributed by atoms with Crippen LogP contribution in [0.25, 0.3) is 0 Å². The highest BCUT2D eigenvalue weighted by molar-refractivity contribution is 5.77. The second kappa shape index (κ2) is 6.01. The topological polar surface area (TPSA) is 58.4 Å². The number of rotatable bonds is 5. The zero-order valence-corrected chi connectivity index (χ0v) is 10.3. The van der Waals surface area contributed by atoms with Crippen LogP contribution in [0, 0.1) is 5.92 Å². The Morgan fingerprint density at radius 3 is 2.81 bits per heavy atom. The number of likely N-dealkylation sites (tertiary alicyclic amines) is 1. The maximum atomic E-state index is 11.2. The molecule has 0 saturated carbocycles. The lowest BCUT2D eigenvalue weighted by Crippen LogP contribution is -2.46. The van der Waals surface area contributed by atoms with Gasteiger partial charge in [-0.25, -0.2) is 0 Å². The second-order valence-corrected chi connectivity index (χ2v) is 4.74. The zero-order chi connectivity index (χ0) is 12.1. The van der Waals surface area contributed by atoms with Gasteiger partial charge in [0.1, 0.15) is 0 Å². The lowest BCUT2D eigenvalue weighted by molar-refractivity contribution is -0.123. The van der Waals surface area contributed by atoms with Gasteiger partial charge in [-0.15, -0.1) is 0 Å². The molecule has 2 unspecified atom stereocenters. The zero-order valence-electron chi connectivity index (χ0n) is 10.3. The molecule has 16 heavy (non-hydrogen) atoms. The number of hydrogen-bond acceptors (Lipinski definition) is 3. The van der Waals surface area contributed by atoms with E-state index in [1.54, 1.807) is 0 Å². The molecule has 2 atom stereocenters. The fraction of sp³-hybridized carbons (Fsp3) is 0.750. The number of piperidine rings is 1. The molecule has 4 nitrogen and oxygen atoms in total. The molecule has 0 bridgehead atoms. The Morgan fingerprint density at radius 1 is 1.56 bits per heavy atom. The maximum absolute atomic E-state index is 11.2. The predicted octanol–water partition coefficient (Wildman–Crippen LogP) is 0.348. The van der Waals surface area contributed by atoms with Gasteiger partial charge in [-0.3, -0.25) is 9.69 Å². The maximum Gasteiger partial charge on any atom is 0.221 e. The van der Waals surface area contributed by atoms with E-state index < -0.39 is 0 Å². The summed E-state index contributed by atoms with van der Waals surface area (Å²) in [6.07, 6.45) is 1.96. The number of nitrogens with zero attached hydrogens (tertiary/aromatic N) is 1. The number of hydrogen-bond donors (Lipinski definition) is 2. The van der Waals surface area contributed by atoms with E-state index in [0.29, 0.717) is 6.04 Å². The average molecular weight is 225 g/mol. The lowest BCUT2D eigenvalue weighted by Gasteiger charge is -2.37. The molecule has 0 aromatic rings. The van der Waals surface area contributed by atoms with Crippen LogP contribution in [0.1, 0.15) is 19.8 Å². The van der Waals surface area contributed by atoms with Crippen LogP contribution in [0.2, 0.25) is 0 Å². The SMILES string of the molecule is C=C(CNC)CN1CC(C(N)=O)CCC1C.